The summed E-state index contributed by atoms with van der Waals surface area (Å²) in [5, 5.41) is 8.47. The van der Waals surface area contributed by atoms with E-state index in [1.54, 1.807) is 0 Å². The second-order valence-electron chi connectivity index (χ2n) is 2.85. The maximum atomic E-state index is 10.3. The summed E-state index contributed by atoms with van der Waals surface area (Å²) < 4.78 is 10.7. The number of hydrogen-bond donors (Lipinski definition) is 1. The van der Waals surface area contributed by atoms with Gasteiger partial charge in [0.25, 0.3) is 0 Å². The first kappa shape index (κ1) is 9.48. The summed E-state index contributed by atoms with van der Waals surface area (Å²) in [6.45, 7) is 3.09. The average Bonchev–Trinajstić information content (AvgIpc) is 2.50. The lowest BCUT2D eigenvalue weighted by atomic mass is 10.1. The van der Waals surface area contributed by atoms with E-state index >= 15 is 0 Å². The van der Waals surface area contributed by atoms with Gasteiger partial charge < -0.3 is 14.6 Å². The van der Waals surface area contributed by atoms with Gasteiger partial charge in [-0.05, 0) is 6.42 Å². The van der Waals surface area contributed by atoms with Crippen LogP contribution in [0.1, 0.15) is 26.2 Å². The number of carbonyl (C=O) groups is 1. The minimum Gasteiger partial charge on any atom is -0.481 e. The molecular formula is C8H14O4. The van der Waals surface area contributed by atoms with Crippen molar-refractivity contribution in [1.29, 1.82) is 0 Å². The van der Waals surface area contributed by atoms with Crippen LogP contribution in [0.4, 0.5) is 0 Å². The third kappa shape index (κ3) is 2.19. The Labute approximate surface area is 71.5 Å². The van der Waals surface area contributed by atoms with Crippen LogP contribution in [-0.2, 0) is 14.3 Å². The summed E-state index contributed by atoms with van der Waals surface area (Å²) in [6.07, 6.45) is 1.26. The van der Waals surface area contributed by atoms with E-state index in [1.807, 2.05) is 6.92 Å². The van der Waals surface area contributed by atoms with Crippen LogP contribution in [-0.4, -0.2) is 30.1 Å². The Kier molecular flexibility index (Phi) is 3.05. The van der Waals surface area contributed by atoms with Gasteiger partial charge in [0.1, 0.15) is 0 Å². The highest BCUT2D eigenvalue weighted by Crippen LogP contribution is 2.28. The Balaban J connectivity index is 2.39. The molecule has 0 unspecified atom stereocenters. The van der Waals surface area contributed by atoms with Gasteiger partial charge >= 0.3 is 5.97 Å². The smallest absolute Gasteiger partial charge is 0.303 e. The van der Waals surface area contributed by atoms with Crippen molar-refractivity contribution < 1.29 is 19.4 Å². The van der Waals surface area contributed by atoms with Gasteiger partial charge in [-0.2, -0.15) is 0 Å². The standard InChI is InChI=1S/C8H14O4/c1-2-8(4-3-7(9)10)11-5-6-12-8/h2-6H2,1H3,(H,9,10). The molecule has 0 aromatic carbocycles. The van der Waals surface area contributed by atoms with E-state index in [2.05, 4.69) is 0 Å². The molecule has 4 heteroatoms. The van der Waals surface area contributed by atoms with E-state index in [9.17, 15) is 4.79 Å². The van der Waals surface area contributed by atoms with Crippen LogP contribution in [0.2, 0.25) is 0 Å². The predicted octanol–water partition coefficient (Wildman–Crippen LogP) is 1.00. The fourth-order valence-electron chi connectivity index (χ4n) is 1.32. The van der Waals surface area contributed by atoms with Crippen LogP contribution in [0, 0.1) is 0 Å². The van der Waals surface area contributed by atoms with Crippen LogP contribution in [0.15, 0.2) is 0 Å². The van der Waals surface area contributed by atoms with Gasteiger partial charge in [-0.1, -0.05) is 6.92 Å². The Morgan fingerprint density at radius 3 is 2.50 bits per heavy atom. The summed E-state index contributed by atoms with van der Waals surface area (Å²) in [6, 6.07) is 0. The topological polar surface area (TPSA) is 55.8 Å². The van der Waals surface area contributed by atoms with E-state index in [4.69, 9.17) is 14.6 Å². The van der Waals surface area contributed by atoms with Crippen LogP contribution in [0.25, 0.3) is 0 Å². The second-order valence-corrected chi connectivity index (χ2v) is 2.85. The fourth-order valence-corrected chi connectivity index (χ4v) is 1.32. The largest absolute Gasteiger partial charge is 0.481 e. The molecule has 0 aromatic heterocycles. The van der Waals surface area contributed by atoms with Gasteiger partial charge in [0.15, 0.2) is 5.79 Å². The molecule has 12 heavy (non-hydrogen) atoms. The van der Waals surface area contributed by atoms with Gasteiger partial charge in [0.2, 0.25) is 0 Å². The second kappa shape index (κ2) is 3.87. The van der Waals surface area contributed by atoms with Crippen molar-refractivity contribution in [3.8, 4) is 0 Å². The molecule has 1 aliphatic rings. The van der Waals surface area contributed by atoms with Gasteiger partial charge in [-0.25, -0.2) is 0 Å². The summed E-state index contributed by atoms with van der Waals surface area (Å²) in [5.74, 6) is -1.42. The quantitative estimate of drug-likeness (QED) is 0.690. The maximum Gasteiger partial charge on any atom is 0.303 e. The Hall–Kier alpha value is -0.610. The van der Waals surface area contributed by atoms with Crippen molar-refractivity contribution in [3.63, 3.8) is 0 Å². The lowest BCUT2D eigenvalue weighted by Gasteiger charge is -2.24. The third-order valence-electron chi connectivity index (χ3n) is 2.07. The molecule has 0 amide bonds. The van der Waals surface area contributed by atoms with Crippen LogP contribution >= 0.6 is 0 Å². The molecule has 0 saturated carbocycles. The molecule has 0 radical (unpaired) electrons. The van der Waals surface area contributed by atoms with E-state index in [0.29, 0.717) is 26.1 Å². The minimum atomic E-state index is -0.804. The summed E-state index contributed by atoms with van der Waals surface area (Å²) in [4.78, 5) is 10.3. The minimum absolute atomic E-state index is 0.105. The third-order valence-corrected chi connectivity index (χ3v) is 2.07. The van der Waals surface area contributed by atoms with Crippen LogP contribution in [0.3, 0.4) is 0 Å². The molecular weight excluding hydrogens is 160 g/mol. The number of carboxylic acid groups (broad SMARTS) is 1. The molecule has 0 atom stereocenters. The number of carboxylic acids is 1. The number of aliphatic carboxylic acids is 1. The van der Waals surface area contributed by atoms with E-state index < -0.39 is 11.8 Å². The molecule has 1 rings (SSSR count). The summed E-state index contributed by atoms with van der Waals surface area (Å²) >= 11 is 0. The highest BCUT2D eigenvalue weighted by Gasteiger charge is 2.34. The van der Waals surface area contributed by atoms with Gasteiger partial charge in [-0.3, -0.25) is 4.79 Å². The molecule has 70 valence electrons. The SMILES string of the molecule is CCC1(CCC(=O)O)OCCO1. The first-order valence-electron chi connectivity index (χ1n) is 4.18. The molecule has 0 aliphatic carbocycles. The highest BCUT2D eigenvalue weighted by molar-refractivity contribution is 5.66. The maximum absolute atomic E-state index is 10.3. The number of rotatable bonds is 4. The summed E-state index contributed by atoms with van der Waals surface area (Å²) in [5.41, 5.74) is 0. The lowest BCUT2D eigenvalue weighted by Crippen LogP contribution is -2.29. The summed E-state index contributed by atoms with van der Waals surface area (Å²) in [7, 11) is 0. The van der Waals surface area contributed by atoms with Crippen molar-refractivity contribution in [1.82, 2.24) is 0 Å². The molecule has 4 nitrogen and oxygen atoms in total. The molecule has 0 bridgehead atoms. The van der Waals surface area contributed by atoms with Crippen LogP contribution in [0.5, 0.6) is 0 Å². The zero-order valence-corrected chi connectivity index (χ0v) is 7.21. The lowest BCUT2D eigenvalue weighted by molar-refractivity contribution is -0.170. The Morgan fingerprint density at radius 1 is 1.50 bits per heavy atom. The Bertz CT molecular complexity index is 160. The van der Waals surface area contributed by atoms with Crippen LogP contribution < -0.4 is 0 Å². The fraction of sp³-hybridized carbons (Fsp3) is 0.875. The first-order chi connectivity index (χ1) is 5.68. The molecule has 1 saturated heterocycles. The van der Waals surface area contributed by atoms with E-state index in [0.717, 1.165) is 0 Å². The normalized spacial score (nSPS) is 21.1. The van der Waals surface area contributed by atoms with Crippen molar-refractivity contribution in [3.05, 3.63) is 0 Å². The molecule has 0 spiro atoms. The highest BCUT2D eigenvalue weighted by atomic mass is 16.7. The molecule has 1 heterocycles. The predicted molar refractivity (Wildman–Crippen MR) is 41.8 cm³/mol. The van der Waals surface area contributed by atoms with Gasteiger partial charge in [-0.15, -0.1) is 0 Å². The van der Waals surface area contributed by atoms with Crippen molar-refractivity contribution >= 4 is 5.97 Å². The number of hydrogen-bond acceptors (Lipinski definition) is 3. The number of ether oxygens (including phenoxy) is 2. The van der Waals surface area contributed by atoms with E-state index in [-0.39, 0.29) is 6.42 Å². The monoisotopic (exact) mass is 174 g/mol. The average molecular weight is 174 g/mol. The zero-order chi connectivity index (χ0) is 9.03. The van der Waals surface area contributed by atoms with Gasteiger partial charge in [0.05, 0.1) is 19.6 Å². The molecule has 1 aliphatic heterocycles. The molecule has 0 aromatic rings. The van der Waals surface area contributed by atoms with Crippen molar-refractivity contribution in [2.24, 2.45) is 0 Å². The zero-order valence-electron chi connectivity index (χ0n) is 7.21. The van der Waals surface area contributed by atoms with Crippen molar-refractivity contribution in [2.45, 2.75) is 32.0 Å². The van der Waals surface area contributed by atoms with E-state index in [1.165, 1.54) is 0 Å². The molecule has 1 N–H and O–H groups in total. The molecule has 1 fully saturated rings. The Morgan fingerprint density at radius 2 is 2.08 bits per heavy atom. The first-order valence-corrected chi connectivity index (χ1v) is 4.18. The van der Waals surface area contributed by atoms with Gasteiger partial charge in [0, 0.05) is 6.42 Å². The van der Waals surface area contributed by atoms with Crippen molar-refractivity contribution in [2.75, 3.05) is 13.2 Å².